The van der Waals surface area contributed by atoms with Gasteiger partial charge in [-0.3, -0.25) is 9.79 Å². The molecule has 31 heavy (non-hydrogen) atoms. The molecule has 0 fully saturated rings. The average molecular weight is 439 g/mol. The fourth-order valence-corrected chi connectivity index (χ4v) is 3.38. The van der Waals surface area contributed by atoms with Crippen molar-refractivity contribution in [3.05, 3.63) is 12.2 Å². The van der Waals surface area contributed by atoms with Crippen molar-refractivity contribution in [2.24, 2.45) is 16.5 Å². The molecule has 0 aliphatic rings. The van der Waals surface area contributed by atoms with Gasteiger partial charge in [0.2, 0.25) is 5.91 Å². The highest BCUT2D eigenvalue weighted by Gasteiger charge is 2.18. The highest BCUT2D eigenvalue weighted by molar-refractivity contribution is 5.83. The van der Waals surface area contributed by atoms with Crippen LogP contribution in [-0.2, 0) is 9.59 Å². The number of aliphatic imine (C=N–C) groups is 1. The molecule has 0 spiro atoms. The van der Waals surface area contributed by atoms with Crippen LogP contribution in [0.15, 0.2) is 17.1 Å². The van der Waals surface area contributed by atoms with Crippen LogP contribution < -0.4 is 16.8 Å². The molecule has 180 valence electrons. The van der Waals surface area contributed by atoms with Gasteiger partial charge in [-0.1, -0.05) is 70.4 Å². The average Bonchev–Trinajstić information content (AvgIpc) is 2.72. The van der Waals surface area contributed by atoms with Crippen LogP contribution in [0.3, 0.4) is 0 Å². The molecule has 0 aromatic rings. The van der Waals surface area contributed by atoms with Crippen LogP contribution in [-0.4, -0.2) is 35.5 Å². The van der Waals surface area contributed by atoms with Crippen LogP contribution in [0.25, 0.3) is 0 Å². The number of carboxylic acid groups (broad SMARTS) is 1. The zero-order valence-corrected chi connectivity index (χ0v) is 19.6. The molecule has 7 heteroatoms. The Labute approximate surface area is 189 Å². The molecule has 0 heterocycles. The number of hydrogen-bond acceptors (Lipinski definition) is 3. The van der Waals surface area contributed by atoms with Crippen molar-refractivity contribution in [1.82, 2.24) is 5.32 Å². The van der Waals surface area contributed by atoms with Crippen molar-refractivity contribution in [1.29, 1.82) is 0 Å². The Kier molecular flexibility index (Phi) is 19.8. The molecule has 0 saturated heterocycles. The van der Waals surface area contributed by atoms with Crippen LogP contribution in [0.2, 0.25) is 0 Å². The summed E-state index contributed by atoms with van der Waals surface area (Å²) >= 11 is 0. The first-order valence-electron chi connectivity index (χ1n) is 12.2. The molecular formula is C24H46N4O3. The molecule has 0 aromatic carbocycles. The number of nitrogens with zero attached hydrogens (tertiary/aromatic N) is 1. The number of nitrogens with two attached hydrogens (primary N) is 2. The second-order valence-corrected chi connectivity index (χ2v) is 8.24. The lowest BCUT2D eigenvalue weighted by molar-refractivity contribution is -0.142. The van der Waals surface area contributed by atoms with Crippen LogP contribution in [0.5, 0.6) is 0 Å². The van der Waals surface area contributed by atoms with Gasteiger partial charge in [0.1, 0.15) is 6.04 Å². The number of hydrogen-bond donors (Lipinski definition) is 4. The van der Waals surface area contributed by atoms with Crippen molar-refractivity contribution in [3.63, 3.8) is 0 Å². The number of allylic oxidation sites excluding steroid dienone is 2. The molecule has 0 unspecified atom stereocenters. The maximum absolute atomic E-state index is 12.0. The minimum atomic E-state index is -1.03. The van der Waals surface area contributed by atoms with E-state index in [1.165, 1.54) is 57.8 Å². The van der Waals surface area contributed by atoms with E-state index in [-0.39, 0.29) is 11.9 Å². The Morgan fingerprint density at radius 2 is 1.42 bits per heavy atom. The maximum atomic E-state index is 12.0. The van der Waals surface area contributed by atoms with Gasteiger partial charge in [-0.2, -0.15) is 0 Å². The van der Waals surface area contributed by atoms with Gasteiger partial charge < -0.3 is 21.9 Å². The quantitative estimate of drug-likeness (QED) is 0.0896. The number of rotatable bonds is 21. The van der Waals surface area contributed by atoms with E-state index < -0.39 is 12.0 Å². The SMILES string of the molecule is CCCCCCCC/C=C\CCCCCCCC(=O)N[C@@H](CCCN=C(N)N)C(=O)O. The van der Waals surface area contributed by atoms with Gasteiger partial charge in [-0.15, -0.1) is 0 Å². The van der Waals surface area contributed by atoms with E-state index >= 15 is 0 Å². The van der Waals surface area contributed by atoms with E-state index in [2.05, 4.69) is 29.4 Å². The Morgan fingerprint density at radius 1 is 0.871 bits per heavy atom. The molecule has 1 amide bonds. The van der Waals surface area contributed by atoms with Crippen molar-refractivity contribution in [2.45, 2.75) is 116 Å². The molecule has 0 saturated carbocycles. The third-order valence-corrected chi connectivity index (χ3v) is 5.24. The molecule has 0 aliphatic carbocycles. The first kappa shape index (κ1) is 28.9. The lowest BCUT2D eigenvalue weighted by atomic mass is 10.1. The molecule has 0 rings (SSSR count). The summed E-state index contributed by atoms with van der Waals surface area (Å²) in [7, 11) is 0. The zero-order chi connectivity index (χ0) is 23.2. The summed E-state index contributed by atoms with van der Waals surface area (Å²) in [5, 5.41) is 11.8. The van der Waals surface area contributed by atoms with Gasteiger partial charge in [0.25, 0.3) is 0 Å². The number of nitrogens with one attached hydrogen (secondary N) is 1. The van der Waals surface area contributed by atoms with Crippen LogP contribution in [0.1, 0.15) is 110 Å². The zero-order valence-electron chi connectivity index (χ0n) is 19.6. The predicted octanol–water partition coefficient (Wildman–Crippen LogP) is 4.65. The van der Waals surface area contributed by atoms with Gasteiger partial charge in [0.15, 0.2) is 5.96 Å². The third-order valence-electron chi connectivity index (χ3n) is 5.24. The summed E-state index contributed by atoms with van der Waals surface area (Å²) in [5.41, 5.74) is 10.5. The summed E-state index contributed by atoms with van der Waals surface area (Å²) < 4.78 is 0. The summed E-state index contributed by atoms with van der Waals surface area (Å²) in [6.07, 6.45) is 21.5. The number of amides is 1. The van der Waals surface area contributed by atoms with Gasteiger partial charge in [-0.25, -0.2) is 4.79 Å². The number of aliphatic carboxylic acids is 1. The molecule has 1 atom stereocenters. The van der Waals surface area contributed by atoms with Gasteiger partial charge in [0, 0.05) is 13.0 Å². The monoisotopic (exact) mass is 438 g/mol. The molecule has 0 radical (unpaired) electrons. The van der Waals surface area contributed by atoms with Crippen molar-refractivity contribution in [3.8, 4) is 0 Å². The Hall–Kier alpha value is -2.05. The van der Waals surface area contributed by atoms with E-state index in [4.69, 9.17) is 11.5 Å². The second-order valence-electron chi connectivity index (χ2n) is 8.24. The van der Waals surface area contributed by atoms with Gasteiger partial charge in [-0.05, 0) is 44.9 Å². The second kappa shape index (κ2) is 21.2. The summed E-state index contributed by atoms with van der Waals surface area (Å²) in [6.45, 7) is 2.61. The Bertz CT molecular complexity index is 517. The fourth-order valence-electron chi connectivity index (χ4n) is 3.38. The lowest BCUT2D eigenvalue weighted by Gasteiger charge is -2.14. The molecule has 7 nitrogen and oxygen atoms in total. The van der Waals surface area contributed by atoms with Crippen molar-refractivity contribution < 1.29 is 14.7 Å². The predicted molar refractivity (Wildman–Crippen MR) is 129 cm³/mol. The topological polar surface area (TPSA) is 131 Å². The van der Waals surface area contributed by atoms with E-state index in [1.54, 1.807) is 0 Å². The summed E-state index contributed by atoms with van der Waals surface area (Å²) in [4.78, 5) is 27.1. The third kappa shape index (κ3) is 21.0. The van der Waals surface area contributed by atoms with Crippen LogP contribution in [0, 0.1) is 0 Å². The molecule has 0 aromatic heterocycles. The maximum Gasteiger partial charge on any atom is 0.326 e. The summed E-state index contributed by atoms with van der Waals surface area (Å²) in [6, 6.07) is -0.884. The fraction of sp³-hybridized carbons (Fsp3) is 0.792. The molecule has 0 aliphatic heterocycles. The Morgan fingerprint density at radius 3 is 1.97 bits per heavy atom. The smallest absolute Gasteiger partial charge is 0.326 e. The van der Waals surface area contributed by atoms with E-state index in [0.717, 1.165) is 25.7 Å². The van der Waals surface area contributed by atoms with Gasteiger partial charge >= 0.3 is 5.97 Å². The Balaban J connectivity index is 3.61. The van der Waals surface area contributed by atoms with E-state index in [0.29, 0.717) is 25.8 Å². The number of carbonyl (C=O) groups excluding carboxylic acids is 1. The molecular weight excluding hydrogens is 392 g/mol. The normalized spacial score (nSPS) is 12.0. The first-order chi connectivity index (χ1) is 15.0. The minimum Gasteiger partial charge on any atom is -0.480 e. The highest BCUT2D eigenvalue weighted by atomic mass is 16.4. The molecule has 0 bridgehead atoms. The van der Waals surface area contributed by atoms with Crippen molar-refractivity contribution in [2.75, 3.05) is 6.54 Å². The molecule has 6 N–H and O–H groups in total. The first-order valence-corrected chi connectivity index (χ1v) is 12.2. The largest absolute Gasteiger partial charge is 0.480 e. The number of guanidine groups is 1. The highest BCUT2D eigenvalue weighted by Crippen LogP contribution is 2.10. The number of unbranched alkanes of at least 4 members (excludes halogenated alkanes) is 11. The van der Waals surface area contributed by atoms with E-state index in [9.17, 15) is 14.7 Å². The van der Waals surface area contributed by atoms with Gasteiger partial charge in [0.05, 0.1) is 0 Å². The minimum absolute atomic E-state index is 0.0138. The van der Waals surface area contributed by atoms with E-state index in [1.807, 2.05) is 0 Å². The van der Waals surface area contributed by atoms with Crippen LogP contribution in [0.4, 0.5) is 0 Å². The number of carboxylic acids is 1. The number of carbonyl (C=O) groups is 2. The summed E-state index contributed by atoms with van der Waals surface area (Å²) in [5.74, 6) is -1.24. The standard InChI is InChI=1S/C24H46N4O3/c1-2-3-4-5-6-7-8-9-10-11-12-13-14-15-16-19-22(29)28-21(23(30)31)18-17-20-27-24(25)26/h9-10,21H,2-8,11-20H2,1H3,(H,28,29)(H,30,31)(H4,25,26,27)/b10-9-/t21-/m0/s1. The van der Waals surface area contributed by atoms with Crippen molar-refractivity contribution >= 4 is 17.8 Å². The van der Waals surface area contributed by atoms with Crippen LogP contribution >= 0.6 is 0 Å². The lowest BCUT2D eigenvalue weighted by Crippen LogP contribution is -2.40.